The first-order chi connectivity index (χ1) is 11.0. The minimum Gasteiger partial charge on any atom is -0.383 e. The maximum Gasteiger partial charge on any atom is 0.251 e. The van der Waals surface area contributed by atoms with Crippen molar-refractivity contribution in [2.24, 2.45) is 0 Å². The van der Waals surface area contributed by atoms with Crippen molar-refractivity contribution >= 4 is 15.9 Å². The number of hydrogen-bond donors (Lipinski definition) is 1. The lowest BCUT2D eigenvalue weighted by atomic mass is 10.2. The van der Waals surface area contributed by atoms with Gasteiger partial charge in [0.25, 0.3) is 5.91 Å². The van der Waals surface area contributed by atoms with Gasteiger partial charge in [-0.3, -0.25) is 4.79 Å². The van der Waals surface area contributed by atoms with Crippen LogP contribution in [0.2, 0.25) is 0 Å². The number of rotatable bonds is 7. The van der Waals surface area contributed by atoms with Crippen LogP contribution >= 0.6 is 0 Å². The van der Waals surface area contributed by atoms with Gasteiger partial charge in [-0.25, -0.2) is 8.42 Å². The highest BCUT2D eigenvalue weighted by molar-refractivity contribution is 7.89. The predicted molar refractivity (Wildman–Crippen MR) is 87.9 cm³/mol. The summed E-state index contributed by atoms with van der Waals surface area (Å²) in [6.45, 7) is 0.715. The van der Waals surface area contributed by atoms with E-state index in [4.69, 9.17) is 4.74 Å². The molecule has 2 rings (SSSR count). The van der Waals surface area contributed by atoms with Crippen molar-refractivity contribution in [1.29, 1.82) is 0 Å². The second-order valence-corrected chi connectivity index (χ2v) is 7.54. The summed E-state index contributed by atoms with van der Waals surface area (Å²) >= 11 is 0. The molecule has 0 spiro atoms. The molecule has 128 valence electrons. The molecule has 0 aromatic heterocycles. The number of amides is 1. The fraction of sp³-hybridized carbons (Fsp3) is 0.562. The van der Waals surface area contributed by atoms with E-state index in [0.29, 0.717) is 18.7 Å². The second-order valence-electron chi connectivity index (χ2n) is 5.65. The minimum absolute atomic E-state index is 0.0359. The topological polar surface area (TPSA) is 75.7 Å². The van der Waals surface area contributed by atoms with Crippen LogP contribution in [0.15, 0.2) is 29.2 Å². The van der Waals surface area contributed by atoms with Crippen LogP contribution in [-0.2, 0) is 14.8 Å². The van der Waals surface area contributed by atoms with Crippen LogP contribution < -0.4 is 5.32 Å². The Labute approximate surface area is 137 Å². The lowest BCUT2D eigenvalue weighted by Crippen LogP contribution is -2.40. The van der Waals surface area contributed by atoms with Gasteiger partial charge in [0, 0.05) is 32.3 Å². The van der Waals surface area contributed by atoms with Gasteiger partial charge in [0.2, 0.25) is 10.0 Å². The summed E-state index contributed by atoms with van der Waals surface area (Å²) in [5, 5.41) is 2.52. The van der Waals surface area contributed by atoms with Gasteiger partial charge in [-0.05, 0) is 37.1 Å². The van der Waals surface area contributed by atoms with Crippen molar-refractivity contribution in [2.75, 3.05) is 27.3 Å². The van der Waals surface area contributed by atoms with Crippen molar-refractivity contribution in [3.63, 3.8) is 0 Å². The van der Waals surface area contributed by atoms with Crippen molar-refractivity contribution in [1.82, 2.24) is 9.62 Å². The Bertz CT molecular complexity index is 622. The maximum absolute atomic E-state index is 12.9. The van der Waals surface area contributed by atoms with E-state index in [9.17, 15) is 13.2 Å². The van der Waals surface area contributed by atoms with Crippen LogP contribution in [0.4, 0.5) is 0 Å². The fourth-order valence-electron chi connectivity index (χ4n) is 2.93. The number of carbonyl (C=O) groups excluding carboxylic acids is 1. The van der Waals surface area contributed by atoms with Gasteiger partial charge in [-0.1, -0.05) is 12.8 Å². The molecule has 1 N–H and O–H groups in total. The van der Waals surface area contributed by atoms with E-state index >= 15 is 0 Å². The third kappa shape index (κ3) is 4.10. The standard InChI is InChI=1S/C16H24N2O4S/c1-17-16(19)13-7-9-15(10-8-13)23(20,21)18(11-12-22-2)14-5-3-4-6-14/h7-10,14H,3-6,11-12H2,1-2H3,(H,17,19). The zero-order chi connectivity index (χ0) is 16.9. The summed E-state index contributed by atoms with van der Waals surface area (Å²) in [5.41, 5.74) is 0.441. The monoisotopic (exact) mass is 340 g/mol. The first kappa shape index (κ1) is 17.9. The summed E-state index contributed by atoms with van der Waals surface area (Å²) in [6.07, 6.45) is 3.89. The summed E-state index contributed by atoms with van der Waals surface area (Å²) in [6, 6.07) is 6.10. The highest BCUT2D eigenvalue weighted by Gasteiger charge is 2.32. The van der Waals surface area contributed by atoms with Crippen LogP contribution in [0.1, 0.15) is 36.0 Å². The van der Waals surface area contributed by atoms with E-state index in [1.54, 1.807) is 18.5 Å². The van der Waals surface area contributed by atoms with Crippen molar-refractivity contribution in [3.05, 3.63) is 29.8 Å². The van der Waals surface area contributed by atoms with E-state index in [1.165, 1.54) is 24.3 Å². The number of benzene rings is 1. The number of nitrogens with one attached hydrogen (secondary N) is 1. The van der Waals surface area contributed by atoms with E-state index in [1.807, 2.05) is 0 Å². The Balaban J connectivity index is 2.27. The molecule has 0 unspecified atom stereocenters. The lowest BCUT2D eigenvalue weighted by Gasteiger charge is -2.27. The molecule has 1 aromatic carbocycles. The molecule has 1 aliphatic carbocycles. The Morgan fingerprint density at radius 3 is 2.39 bits per heavy atom. The third-order valence-corrected chi connectivity index (χ3v) is 6.16. The number of carbonyl (C=O) groups is 1. The number of ether oxygens (including phenoxy) is 1. The zero-order valence-corrected chi connectivity index (χ0v) is 14.4. The molecule has 23 heavy (non-hydrogen) atoms. The molecule has 1 aliphatic rings. The van der Waals surface area contributed by atoms with Gasteiger partial charge in [0.05, 0.1) is 11.5 Å². The lowest BCUT2D eigenvalue weighted by molar-refractivity contribution is 0.0963. The average molecular weight is 340 g/mol. The summed E-state index contributed by atoms with van der Waals surface area (Å²) in [7, 11) is -0.476. The smallest absolute Gasteiger partial charge is 0.251 e. The van der Waals surface area contributed by atoms with Crippen LogP contribution in [0.3, 0.4) is 0 Å². The van der Waals surface area contributed by atoms with E-state index in [0.717, 1.165) is 25.7 Å². The molecule has 0 atom stereocenters. The SMILES string of the molecule is CNC(=O)c1ccc(S(=O)(=O)N(CCOC)C2CCCC2)cc1. The van der Waals surface area contributed by atoms with Gasteiger partial charge < -0.3 is 10.1 Å². The maximum atomic E-state index is 12.9. The molecule has 6 nitrogen and oxygen atoms in total. The Morgan fingerprint density at radius 1 is 1.26 bits per heavy atom. The molecule has 1 amide bonds. The average Bonchev–Trinajstić information content (AvgIpc) is 3.08. The number of sulfonamides is 1. The molecule has 0 bridgehead atoms. The zero-order valence-electron chi connectivity index (χ0n) is 13.6. The largest absolute Gasteiger partial charge is 0.383 e. The fourth-order valence-corrected chi connectivity index (χ4v) is 4.60. The number of methoxy groups -OCH3 is 1. The predicted octanol–water partition coefficient (Wildman–Crippen LogP) is 1.63. The first-order valence-electron chi connectivity index (χ1n) is 7.83. The molecular weight excluding hydrogens is 316 g/mol. The molecule has 0 aliphatic heterocycles. The quantitative estimate of drug-likeness (QED) is 0.818. The van der Waals surface area contributed by atoms with E-state index < -0.39 is 10.0 Å². The minimum atomic E-state index is -3.58. The van der Waals surface area contributed by atoms with Crippen LogP contribution in [0, 0.1) is 0 Å². The summed E-state index contributed by atoms with van der Waals surface area (Å²) < 4.78 is 32.5. The Morgan fingerprint density at radius 2 is 1.87 bits per heavy atom. The van der Waals surface area contributed by atoms with Gasteiger partial charge >= 0.3 is 0 Å². The van der Waals surface area contributed by atoms with Crippen molar-refractivity contribution in [2.45, 2.75) is 36.6 Å². The molecular formula is C16H24N2O4S. The van der Waals surface area contributed by atoms with E-state index in [-0.39, 0.29) is 16.8 Å². The number of nitrogens with zero attached hydrogens (tertiary/aromatic N) is 1. The van der Waals surface area contributed by atoms with Gasteiger partial charge in [0.1, 0.15) is 0 Å². The molecule has 0 saturated heterocycles. The first-order valence-corrected chi connectivity index (χ1v) is 9.27. The van der Waals surface area contributed by atoms with Crippen LogP contribution in [0.25, 0.3) is 0 Å². The molecule has 7 heteroatoms. The van der Waals surface area contributed by atoms with Crippen molar-refractivity contribution in [3.8, 4) is 0 Å². The summed E-state index contributed by atoms with van der Waals surface area (Å²) in [5.74, 6) is -0.235. The van der Waals surface area contributed by atoms with Crippen molar-refractivity contribution < 1.29 is 17.9 Å². The van der Waals surface area contributed by atoms with Gasteiger partial charge in [0.15, 0.2) is 0 Å². The molecule has 0 heterocycles. The highest BCUT2D eigenvalue weighted by Crippen LogP contribution is 2.28. The van der Waals surface area contributed by atoms with Gasteiger partial charge in [-0.2, -0.15) is 4.31 Å². The molecule has 1 saturated carbocycles. The van der Waals surface area contributed by atoms with Crippen LogP contribution in [-0.4, -0.2) is 52.0 Å². The van der Waals surface area contributed by atoms with E-state index in [2.05, 4.69) is 5.32 Å². The Kier molecular flexibility index (Phi) is 6.15. The highest BCUT2D eigenvalue weighted by atomic mass is 32.2. The van der Waals surface area contributed by atoms with Gasteiger partial charge in [-0.15, -0.1) is 0 Å². The van der Waals surface area contributed by atoms with Crippen LogP contribution in [0.5, 0.6) is 0 Å². The third-order valence-electron chi connectivity index (χ3n) is 4.20. The molecule has 0 radical (unpaired) electrons. The summed E-state index contributed by atoms with van der Waals surface area (Å²) in [4.78, 5) is 11.8. The normalized spacial score (nSPS) is 16.0. The second kappa shape index (κ2) is 7.90. The molecule has 1 aromatic rings. The Hall–Kier alpha value is -1.44. The molecule has 1 fully saturated rings. The number of hydrogen-bond acceptors (Lipinski definition) is 4.